The Morgan fingerprint density at radius 1 is 1.48 bits per heavy atom. The minimum Gasteiger partial charge on any atom is -0.374 e. The molecule has 0 spiro atoms. The Morgan fingerprint density at radius 3 is 3.00 bits per heavy atom. The number of rotatable bonds is 4. The van der Waals surface area contributed by atoms with E-state index < -0.39 is 10.0 Å². The summed E-state index contributed by atoms with van der Waals surface area (Å²) < 4.78 is 32.6. The first kappa shape index (κ1) is 16.5. The van der Waals surface area contributed by atoms with Gasteiger partial charge in [-0.25, -0.2) is 13.4 Å². The van der Waals surface area contributed by atoms with Gasteiger partial charge >= 0.3 is 0 Å². The third-order valence-electron chi connectivity index (χ3n) is 3.70. The van der Waals surface area contributed by atoms with E-state index in [1.165, 1.54) is 15.6 Å². The van der Waals surface area contributed by atoms with Crippen LogP contribution in [-0.2, 0) is 14.8 Å². The number of benzene rings is 1. The molecule has 1 aromatic carbocycles. The summed E-state index contributed by atoms with van der Waals surface area (Å²) in [7, 11) is -3.55. The molecule has 3 rings (SSSR count). The number of thiazole rings is 1. The molecule has 2 N–H and O–H groups in total. The van der Waals surface area contributed by atoms with Gasteiger partial charge in [-0.15, -0.1) is 11.3 Å². The Bertz CT molecular complexity index is 789. The van der Waals surface area contributed by atoms with Crippen molar-refractivity contribution < 1.29 is 13.2 Å². The van der Waals surface area contributed by atoms with Crippen LogP contribution in [0.2, 0.25) is 0 Å². The third kappa shape index (κ3) is 3.46. The molecule has 1 aromatic heterocycles. The predicted molar refractivity (Wildman–Crippen MR) is 89.8 cm³/mol. The number of morpholine rings is 1. The van der Waals surface area contributed by atoms with Gasteiger partial charge in [-0.1, -0.05) is 12.1 Å². The van der Waals surface area contributed by atoms with Crippen molar-refractivity contribution in [2.45, 2.75) is 17.9 Å². The van der Waals surface area contributed by atoms with Crippen molar-refractivity contribution in [2.24, 2.45) is 5.73 Å². The Labute approximate surface area is 140 Å². The summed E-state index contributed by atoms with van der Waals surface area (Å²) in [5.74, 6) is 0. The molecule has 0 bridgehead atoms. The minimum absolute atomic E-state index is 0.247. The second-order valence-electron chi connectivity index (χ2n) is 5.41. The van der Waals surface area contributed by atoms with E-state index in [1.54, 1.807) is 18.2 Å². The molecule has 0 amide bonds. The molecule has 124 valence electrons. The molecule has 2 aromatic rings. The van der Waals surface area contributed by atoms with E-state index in [1.807, 2.05) is 18.4 Å². The van der Waals surface area contributed by atoms with E-state index in [4.69, 9.17) is 10.5 Å². The molecule has 1 fully saturated rings. The van der Waals surface area contributed by atoms with Crippen LogP contribution < -0.4 is 5.73 Å². The smallest absolute Gasteiger partial charge is 0.243 e. The normalized spacial score (nSPS) is 19.8. The van der Waals surface area contributed by atoms with Crippen LogP contribution in [-0.4, -0.2) is 50.1 Å². The van der Waals surface area contributed by atoms with E-state index in [0.717, 1.165) is 16.3 Å². The number of aromatic nitrogens is 1. The number of hydrogen-bond acceptors (Lipinski definition) is 6. The summed E-state index contributed by atoms with van der Waals surface area (Å²) >= 11 is 1.51. The molecule has 1 atom stereocenters. The molecular weight excluding hydrogens is 334 g/mol. The van der Waals surface area contributed by atoms with Crippen molar-refractivity contribution in [2.75, 3.05) is 26.2 Å². The number of nitrogens with zero attached hydrogens (tertiary/aromatic N) is 2. The highest BCUT2D eigenvalue weighted by Crippen LogP contribution is 2.27. The molecular formula is C15H19N3O3S2. The molecule has 8 heteroatoms. The highest BCUT2D eigenvalue weighted by Gasteiger charge is 2.30. The third-order valence-corrected chi connectivity index (χ3v) is 6.57. The largest absolute Gasteiger partial charge is 0.374 e. The molecule has 1 saturated heterocycles. The molecule has 0 aliphatic carbocycles. The van der Waals surface area contributed by atoms with Gasteiger partial charge in [0.15, 0.2) is 0 Å². The van der Waals surface area contributed by atoms with Crippen LogP contribution in [0.25, 0.3) is 10.6 Å². The van der Waals surface area contributed by atoms with E-state index in [-0.39, 0.29) is 11.0 Å². The Morgan fingerprint density at radius 2 is 2.30 bits per heavy atom. The summed E-state index contributed by atoms with van der Waals surface area (Å²) in [4.78, 5) is 4.69. The van der Waals surface area contributed by atoms with Gasteiger partial charge in [0.1, 0.15) is 5.01 Å². The fraction of sp³-hybridized carbons (Fsp3) is 0.400. The lowest BCUT2D eigenvalue weighted by Gasteiger charge is -2.31. The van der Waals surface area contributed by atoms with Crippen molar-refractivity contribution in [3.05, 3.63) is 35.3 Å². The van der Waals surface area contributed by atoms with Gasteiger partial charge in [0.2, 0.25) is 10.0 Å². The number of aryl methyl sites for hydroxylation is 1. The Balaban J connectivity index is 1.91. The van der Waals surface area contributed by atoms with Gasteiger partial charge < -0.3 is 10.5 Å². The summed E-state index contributed by atoms with van der Waals surface area (Å²) in [6, 6.07) is 6.92. The molecule has 0 saturated carbocycles. The second kappa shape index (κ2) is 6.66. The fourth-order valence-electron chi connectivity index (χ4n) is 2.48. The topological polar surface area (TPSA) is 85.5 Å². The Hall–Kier alpha value is -1.32. The zero-order valence-electron chi connectivity index (χ0n) is 12.8. The highest BCUT2D eigenvalue weighted by atomic mass is 32.2. The van der Waals surface area contributed by atoms with E-state index in [2.05, 4.69) is 4.98 Å². The summed E-state index contributed by atoms with van der Waals surface area (Å²) in [5.41, 5.74) is 7.34. The second-order valence-corrected chi connectivity index (χ2v) is 8.21. The average molecular weight is 353 g/mol. The van der Waals surface area contributed by atoms with Crippen LogP contribution in [0.4, 0.5) is 0 Å². The quantitative estimate of drug-likeness (QED) is 0.899. The van der Waals surface area contributed by atoms with Crippen LogP contribution >= 0.6 is 11.3 Å². The van der Waals surface area contributed by atoms with E-state index in [0.29, 0.717) is 26.2 Å². The minimum atomic E-state index is -3.55. The lowest BCUT2D eigenvalue weighted by molar-refractivity contribution is 0.00451. The molecule has 6 nitrogen and oxygen atoms in total. The number of ether oxygens (including phenoxy) is 1. The first-order valence-electron chi connectivity index (χ1n) is 7.35. The number of sulfonamides is 1. The first-order chi connectivity index (χ1) is 11.0. The lowest BCUT2D eigenvalue weighted by Crippen LogP contribution is -2.48. The molecule has 23 heavy (non-hydrogen) atoms. The molecule has 0 radical (unpaired) electrons. The summed E-state index contributed by atoms with van der Waals surface area (Å²) in [5, 5.41) is 2.77. The molecule has 1 unspecified atom stereocenters. The summed E-state index contributed by atoms with van der Waals surface area (Å²) in [6.07, 6.45) is -0.247. The molecule has 2 heterocycles. The van der Waals surface area contributed by atoms with Gasteiger partial charge in [0.25, 0.3) is 0 Å². The van der Waals surface area contributed by atoms with Gasteiger partial charge in [-0.05, 0) is 19.1 Å². The van der Waals surface area contributed by atoms with E-state index >= 15 is 0 Å². The van der Waals surface area contributed by atoms with Gasteiger partial charge in [0.05, 0.1) is 17.6 Å². The van der Waals surface area contributed by atoms with Gasteiger partial charge in [-0.3, -0.25) is 0 Å². The predicted octanol–water partition coefficient (Wildman–Crippen LogP) is 1.47. The maximum Gasteiger partial charge on any atom is 0.243 e. The SMILES string of the molecule is Cc1csc(-c2cccc(S(=O)(=O)N3CCOC(CN)C3)c2)n1. The highest BCUT2D eigenvalue weighted by molar-refractivity contribution is 7.89. The van der Waals surface area contributed by atoms with Crippen molar-refractivity contribution in [3.8, 4) is 10.6 Å². The monoisotopic (exact) mass is 353 g/mol. The van der Waals surface area contributed by atoms with Gasteiger partial charge in [0, 0.05) is 36.3 Å². The van der Waals surface area contributed by atoms with Crippen LogP contribution in [0.1, 0.15) is 5.69 Å². The lowest BCUT2D eigenvalue weighted by atomic mass is 10.2. The fourth-order valence-corrected chi connectivity index (χ4v) is 4.78. The maximum absolute atomic E-state index is 12.9. The van der Waals surface area contributed by atoms with Crippen LogP contribution in [0, 0.1) is 6.92 Å². The zero-order chi connectivity index (χ0) is 16.4. The average Bonchev–Trinajstić information content (AvgIpc) is 3.01. The van der Waals surface area contributed by atoms with Crippen molar-refractivity contribution in [1.82, 2.24) is 9.29 Å². The van der Waals surface area contributed by atoms with Crippen molar-refractivity contribution in [1.29, 1.82) is 0 Å². The number of hydrogen-bond donors (Lipinski definition) is 1. The number of nitrogens with two attached hydrogens (primary N) is 1. The van der Waals surface area contributed by atoms with E-state index in [9.17, 15) is 8.42 Å². The standard InChI is InChI=1S/C15H19N3O3S2/c1-11-10-22-15(17-11)12-3-2-4-14(7-12)23(19,20)18-5-6-21-13(8-16)9-18/h2-4,7,10,13H,5-6,8-9,16H2,1H3. The Kier molecular flexibility index (Phi) is 4.79. The van der Waals surface area contributed by atoms with Crippen molar-refractivity contribution >= 4 is 21.4 Å². The van der Waals surface area contributed by atoms with Crippen LogP contribution in [0.5, 0.6) is 0 Å². The molecule has 1 aliphatic rings. The van der Waals surface area contributed by atoms with Crippen molar-refractivity contribution in [3.63, 3.8) is 0 Å². The molecule has 1 aliphatic heterocycles. The zero-order valence-corrected chi connectivity index (χ0v) is 14.4. The van der Waals surface area contributed by atoms with Crippen LogP contribution in [0.15, 0.2) is 34.5 Å². The van der Waals surface area contributed by atoms with Crippen LogP contribution in [0.3, 0.4) is 0 Å². The maximum atomic E-state index is 12.9. The summed E-state index contributed by atoms with van der Waals surface area (Å²) in [6.45, 7) is 3.23. The van der Waals surface area contributed by atoms with Gasteiger partial charge in [-0.2, -0.15) is 4.31 Å². The first-order valence-corrected chi connectivity index (χ1v) is 9.67.